The van der Waals surface area contributed by atoms with Crippen LogP contribution < -0.4 is 9.47 Å². The van der Waals surface area contributed by atoms with Crippen LogP contribution in [0.25, 0.3) is 0 Å². The molecule has 1 aliphatic heterocycles. The van der Waals surface area contributed by atoms with Crippen molar-refractivity contribution in [1.82, 2.24) is 4.90 Å². The molecule has 0 bridgehead atoms. The van der Waals surface area contributed by atoms with Gasteiger partial charge in [-0.1, -0.05) is 23.8 Å². The number of ether oxygens (including phenoxy) is 4. The molecule has 38 heavy (non-hydrogen) atoms. The maximum atomic E-state index is 14.1. The Kier molecular flexibility index (Phi) is 10.8. The van der Waals surface area contributed by atoms with E-state index in [0.29, 0.717) is 23.7 Å². The summed E-state index contributed by atoms with van der Waals surface area (Å²) < 4.78 is 48.3. The fourth-order valence-electron chi connectivity index (χ4n) is 4.30. The highest BCUT2D eigenvalue weighted by Gasteiger charge is 2.52. The summed E-state index contributed by atoms with van der Waals surface area (Å²) in [6.45, 7) is 10.1. The fraction of sp³-hybridized carbons (Fsp3) is 0.483. The third-order valence-electron chi connectivity index (χ3n) is 6.56. The third kappa shape index (κ3) is 7.36. The van der Waals surface area contributed by atoms with Crippen molar-refractivity contribution in [3.8, 4) is 11.5 Å². The van der Waals surface area contributed by atoms with Crippen molar-refractivity contribution in [3.05, 3.63) is 65.7 Å². The molecular weight excluding hydrogens is 506 g/mol. The minimum atomic E-state index is -4.16. The van der Waals surface area contributed by atoms with Gasteiger partial charge in [-0.25, -0.2) is 8.42 Å². The standard InChI is InChI=1S/C29H39NO7S/c1-5-36-28(31)29(15-14-23(2)3,38(32,33)27-12-10-25(34-4)11-13-27)22-24-6-8-26(9-7-24)37-21-18-30-16-19-35-20-17-30/h6-14H,5,15-22H2,1-4H3. The summed E-state index contributed by atoms with van der Waals surface area (Å²) >= 11 is 0. The zero-order chi connectivity index (χ0) is 27.6. The van der Waals surface area contributed by atoms with Crippen LogP contribution in [0, 0.1) is 0 Å². The van der Waals surface area contributed by atoms with Gasteiger partial charge < -0.3 is 18.9 Å². The Bertz CT molecular complexity index is 1170. The minimum absolute atomic E-state index is 0.0136. The van der Waals surface area contributed by atoms with E-state index in [1.165, 1.54) is 19.2 Å². The number of esters is 1. The maximum absolute atomic E-state index is 14.1. The lowest BCUT2D eigenvalue weighted by atomic mass is 9.94. The molecule has 2 aromatic rings. The second-order valence-corrected chi connectivity index (χ2v) is 11.8. The number of sulfone groups is 1. The normalized spacial score (nSPS) is 15.8. The van der Waals surface area contributed by atoms with Gasteiger partial charge in [0.25, 0.3) is 0 Å². The molecule has 0 amide bonds. The SMILES string of the molecule is CCOC(=O)C(CC=C(C)C)(Cc1ccc(OCCN2CCOCC2)cc1)S(=O)(=O)c1ccc(OC)cc1. The number of benzene rings is 2. The number of morpholine rings is 1. The molecule has 2 aromatic carbocycles. The molecule has 8 nitrogen and oxygen atoms in total. The van der Waals surface area contributed by atoms with Gasteiger partial charge in [0.05, 0.1) is 31.8 Å². The predicted molar refractivity (Wildman–Crippen MR) is 146 cm³/mol. The Morgan fingerprint density at radius 3 is 2.24 bits per heavy atom. The summed E-state index contributed by atoms with van der Waals surface area (Å²) in [5, 5.41) is 0. The number of nitrogens with zero attached hydrogens (tertiary/aromatic N) is 1. The van der Waals surface area contributed by atoms with E-state index < -0.39 is 20.6 Å². The number of carbonyl (C=O) groups excluding carboxylic acids is 1. The Labute approximate surface area is 226 Å². The summed E-state index contributed by atoms with van der Waals surface area (Å²) in [7, 11) is -2.65. The first-order valence-electron chi connectivity index (χ1n) is 12.9. The van der Waals surface area contributed by atoms with Gasteiger partial charge in [-0.3, -0.25) is 9.69 Å². The second-order valence-electron chi connectivity index (χ2n) is 9.50. The quantitative estimate of drug-likeness (QED) is 0.275. The van der Waals surface area contributed by atoms with Crippen LogP contribution in [0.3, 0.4) is 0 Å². The number of allylic oxidation sites excluding steroid dienone is 2. The van der Waals surface area contributed by atoms with Crippen LogP contribution in [0.1, 0.15) is 32.8 Å². The van der Waals surface area contributed by atoms with Crippen molar-refractivity contribution in [2.75, 3.05) is 53.2 Å². The van der Waals surface area contributed by atoms with Crippen LogP contribution in [0.5, 0.6) is 11.5 Å². The van der Waals surface area contributed by atoms with E-state index in [0.717, 1.165) is 38.4 Å². The van der Waals surface area contributed by atoms with Crippen LogP contribution in [-0.4, -0.2) is 77.2 Å². The number of rotatable bonds is 13. The molecule has 9 heteroatoms. The molecule has 3 rings (SSSR count). The van der Waals surface area contributed by atoms with Crippen molar-refractivity contribution >= 4 is 15.8 Å². The van der Waals surface area contributed by atoms with E-state index in [9.17, 15) is 13.2 Å². The number of carbonyl (C=O) groups is 1. The van der Waals surface area contributed by atoms with Crippen LogP contribution in [0.2, 0.25) is 0 Å². The molecule has 208 valence electrons. The van der Waals surface area contributed by atoms with E-state index >= 15 is 0 Å². The molecule has 1 fully saturated rings. The largest absolute Gasteiger partial charge is 0.497 e. The van der Waals surface area contributed by atoms with Crippen molar-refractivity contribution in [2.24, 2.45) is 0 Å². The molecule has 1 atom stereocenters. The van der Waals surface area contributed by atoms with E-state index in [1.54, 1.807) is 25.1 Å². The molecule has 0 aliphatic carbocycles. The monoisotopic (exact) mass is 545 g/mol. The van der Waals surface area contributed by atoms with Gasteiger partial charge in [0, 0.05) is 26.1 Å². The summed E-state index contributed by atoms with van der Waals surface area (Å²) in [4.78, 5) is 15.8. The summed E-state index contributed by atoms with van der Waals surface area (Å²) in [6, 6.07) is 13.3. The molecule has 0 spiro atoms. The molecule has 0 N–H and O–H groups in total. The highest BCUT2D eigenvalue weighted by molar-refractivity contribution is 7.93. The lowest BCUT2D eigenvalue weighted by Crippen LogP contribution is -2.49. The summed E-state index contributed by atoms with van der Waals surface area (Å²) in [5.74, 6) is 0.449. The molecule has 1 aliphatic rings. The molecule has 0 aromatic heterocycles. The van der Waals surface area contributed by atoms with Gasteiger partial charge in [-0.2, -0.15) is 0 Å². The highest BCUT2D eigenvalue weighted by Crippen LogP contribution is 2.36. The van der Waals surface area contributed by atoms with Crippen molar-refractivity contribution in [2.45, 2.75) is 43.3 Å². The van der Waals surface area contributed by atoms with Crippen LogP contribution in [0.15, 0.2) is 65.1 Å². The Balaban J connectivity index is 1.89. The lowest BCUT2D eigenvalue weighted by Gasteiger charge is -2.31. The van der Waals surface area contributed by atoms with E-state index in [4.69, 9.17) is 18.9 Å². The average Bonchev–Trinajstić information content (AvgIpc) is 2.92. The molecule has 0 radical (unpaired) electrons. The third-order valence-corrected chi connectivity index (χ3v) is 8.96. The molecule has 1 saturated heterocycles. The Morgan fingerprint density at radius 2 is 1.66 bits per heavy atom. The van der Waals surface area contributed by atoms with Gasteiger partial charge in [-0.05, 0) is 69.2 Å². The van der Waals surface area contributed by atoms with E-state index in [1.807, 2.05) is 38.1 Å². The predicted octanol–water partition coefficient (Wildman–Crippen LogP) is 4.08. The van der Waals surface area contributed by atoms with Gasteiger partial charge in [0.15, 0.2) is 14.6 Å². The van der Waals surface area contributed by atoms with Gasteiger partial charge in [-0.15, -0.1) is 0 Å². The van der Waals surface area contributed by atoms with Crippen LogP contribution in [-0.2, 0) is 30.5 Å². The number of methoxy groups -OCH3 is 1. The highest BCUT2D eigenvalue weighted by atomic mass is 32.2. The summed E-state index contributed by atoms with van der Waals surface area (Å²) in [5.41, 5.74) is 1.60. The Hall–Kier alpha value is -2.88. The fourth-order valence-corrected chi connectivity index (χ4v) is 6.19. The molecule has 1 heterocycles. The van der Waals surface area contributed by atoms with Gasteiger partial charge in [0.1, 0.15) is 18.1 Å². The summed E-state index contributed by atoms with van der Waals surface area (Å²) in [6.07, 6.45) is 1.72. The average molecular weight is 546 g/mol. The zero-order valence-electron chi connectivity index (χ0n) is 22.8. The first-order valence-corrected chi connectivity index (χ1v) is 14.4. The van der Waals surface area contributed by atoms with E-state index in [2.05, 4.69) is 4.90 Å². The second kappa shape index (κ2) is 13.8. The van der Waals surface area contributed by atoms with Crippen LogP contribution >= 0.6 is 0 Å². The Morgan fingerprint density at radius 1 is 1.03 bits per heavy atom. The first kappa shape index (κ1) is 29.7. The van der Waals surface area contributed by atoms with Crippen LogP contribution in [0.4, 0.5) is 0 Å². The van der Waals surface area contributed by atoms with Crippen molar-refractivity contribution in [1.29, 1.82) is 0 Å². The van der Waals surface area contributed by atoms with Crippen molar-refractivity contribution < 1.29 is 32.2 Å². The topological polar surface area (TPSA) is 91.4 Å². The van der Waals surface area contributed by atoms with Gasteiger partial charge in [0.2, 0.25) is 0 Å². The lowest BCUT2D eigenvalue weighted by molar-refractivity contribution is -0.146. The molecule has 1 unspecified atom stereocenters. The van der Waals surface area contributed by atoms with E-state index in [-0.39, 0.29) is 24.3 Å². The smallest absolute Gasteiger partial charge is 0.328 e. The number of hydrogen-bond acceptors (Lipinski definition) is 8. The van der Waals surface area contributed by atoms with Gasteiger partial charge >= 0.3 is 5.97 Å². The molecule has 0 saturated carbocycles. The minimum Gasteiger partial charge on any atom is -0.497 e. The zero-order valence-corrected chi connectivity index (χ0v) is 23.6. The molecular formula is C29H39NO7S. The van der Waals surface area contributed by atoms with Crippen molar-refractivity contribution in [3.63, 3.8) is 0 Å². The maximum Gasteiger partial charge on any atom is 0.328 e. The first-order chi connectivity index (χ1) is 18.2. The number of hydrogen-bond donors (Lipinski definition) is 0.